The number of fused-ring (bicyclic) bond motifs is 5. The van der Waals surface area contributed by atoms with Crippen LogP contribution in [-0.2, 0) is 30.5 Å². The number of aromatic nitrogens is 1. The van der Waals surface area contributed by atoms with Gasteiger partial charge in [0.2, 0.25) is 11.8 Å². The number of para-hydroxylation sites is 1. The minimum atomic E-state index is -0.878. The Balaban J connectivity index is 1.40. The van der Waals surface area contributed by atoms with Crippen LogP contribution in [0.1, 0.15) is 70.4 Å². The highest BCUT2D eigenvalue weighted by Crippen LogP contribution is 2.41. The van der Waals surface area contributed by atoms with E-state index in [9.17, 15) is 14.4 Å². The second-order valence-corrected chi connectivity index (χ2v) is 13.8. The molecule has 3 aliphatic rings. The number of rotatable bonds is 4. The van der Waals surface area contributed by atoms with Crippen LogP contribution in [0.3, 0.4) is 0 Å². The Morgan fingerprint density at radius 3 is 2.57 bits per heavy atom. The summed E-state index contributed by atoms with van der Waals surface area (Å²) in [6, 6.07) is 16.7. The number of benzene rings is 2. The summed E-state index contributed by atoms with van der Waals surface area (Å²) in [5.41, 5.74) is 1.66. The molecule has 1 aromatic heterocycles. The van der Waals surface area contributed by atoms with E-state index in [1.165, 1.54) is 12.0 Å². The SMILES string of the molecule is COC(=O)[C@@H]1C[C@@H]2CN1C(=O)[C@H](C(C)(C)C)CC(=O)O[C@@H]1C[C@H]1CCCC#Cc1c(nc3ccccc3c1OCc1ccccc1)O2. The van der Waals surface area contributed by atoms with E-state index in [1.54, 1.807) is 0 Å². The van der Waals surface area contributed by atoms with Gasteiger partial charge in [0.25, 0.3) is 0 Å². The number of esters is 2. The van der Waals surface area contributed by atoms with Crippen molar-refractivity contribution in [2.45, 2.75) is 84.2 Å². The predicted octanol–water partition coefficient (Wildman–Crippen LogP) is 5.85. The Labute approximate surface area is 275 Å². The van der Waals surface area contributed by atoms with Gasteiger partial charge < -0.3 is 23.8 Å². The van der Waals surface area contributed by atoms with Gasteiger partial charge in [0.05, 0.1) is 31.5 Å². The standard InChI is InChI=1S/C38H42N2O7/c1-38(2,3)29-21-33(41)47-32-19-25(32)15-9-6-10-17-28-34(45-23-24-13-7-5-8-14-24)27-16-11-12-18-30(27)39-35(28)46-26-20-31(37(43)44-4)40(22-26)36(29)42/h5,7-8,11-14,16,18,25-26,29,31-32H,6,9,15,19-23H2,1-4H3/t25-,26-,29-,31+,32-/m1/s1. The van der Waals surface area contributed by atoms with Gasteiger partial charge in [-0.3, -0.25) is 9.59 Å². The van der Waals surface area contributed by atoms with E-state index in [1.807, 2.05) is 75.4 Å². The van der Waals surface area contributed by atoms with Crippen molar-refractivity contribution < 1.29 is 33.3 Å². The van der Waals surface area contributed by atoms with Gasteiger partial charge in [0.1, 0.15) is 36.2 Å². The van der Waals surface area contributed by atoms with Gasteiger partial charge in [-0.05, 0) is 48.3 Å². The molecule has 0 unspecified atom stereocenters. The first-order valence-corrected chi connectivity index (χ1v) is 16.4. The van der Waals surface area contributed by atoms with E-state index < -0.39 is 29.4 Å². The molecule has 3 aromatic rings. The normalized spacial score (nSPS) is 24.8. The quantitative estimate of drug-likeness (QED) is 0.259. The molecule has 246 valence electrons. The molecule has 1 aliphatic carbocycles. The lowest BCUT2D eigenvalue weighted by molar-refractivity contribution is -0.157. The maximum atomic E-state index is 14.2. The van der Waals surface area contributed by atoms with E-state index in [0.717, 1.165) is 30.2 Å². The first-order chi connectivity index (χ1) is 22.6. The number of nitrogens with zero attached hydrogens (tertiary/aromatic N) is 2. The van der Waals surface area contributed by atoms with Crippen molar-refractivity contribution in [2.24, 2.45) is 17.3 Å². The molecule has 2 aromatic carbocycles. The summed E-state index contributed by atoms with van der Waals surface area (Å²) in [5.74, 6) is 5.86. The highest BCUT2D eigenvalue weighted by atomic mass is 16.6. The number of carbonyl (C=O) groups is 3. The van der Waals surface area contributed by atoms with Crippen LogP contribution >= 0.6 is 0 Å². The van der Waals surface area contributed by atoms with Crippen LogP contribution in [-0.4, -0.2) is 59.6 Å². The van der Waals surface area contributed by atoms with Gasteiger partial charge in [-0.25, -0.2) is 9.78 Å². The molecule has 3 heterocycles. The van der Waals surface area contributed by atoms with Crippen molar-refractivity contribution >= 4 is 28.7 Å². The zero-order valence-electron chi connectivity index (χ0n) is 27.5. The van der Waals surface area contributed by atoms with Crippen LogP contribution in [0.25, 0.3) is 10.9 Å². The van der Waals surface area contributed by atoms with Crippen molar-refractivity contribution in [1.29, 1.82) is 0 Å². The number of pyridine rings is 1. The fraction of sp³-hybridized carbons (Fsp3) is 0.474. The monoisotopic (exact) mass is 638 g/mol. The summed E-state index contributed by atoms with van der Waals surface area (Å²) >= 11 is 0. The molecule has 0 spiro atoms. The third-order valence-corrected chi connectivity index (χ3v) is 9.28. The minimum absolute atomic E-state index is 0.0641. The third-order valence-electron chi connectivity index (χ3n) is 9.28. The molecule has 1 saturated heterocycles. The zero-order valence-corrected chi connectivity index (χ0v) is 27.5. The maximum Gasteiger partial charge on any atom is 0.328 e. The van der Waals surface area contributed by atoms with Crippen LogP contribution in [0.2, 0.25) is 0 Å². The highest BCUT2D eigenvalue weighted by Gasteiger charge is 2.47. The second-order valence-electron chi connectivity index (χ2n) is 13.8. The zero-order chi connectivity index (χ0) is 33.1. The molecule has 0 radical (unpaired) electrons. The summed E-state index contributed by atoms with van der Waals surface area (Å²) in [6.07, 6.45) is 2.62. The summed E-state index contributed by atoms with van der Waals surface area (Å²) in [6.45, 7) is 6.22. The predicted molar refractivity (Wildman–Crippen MR) is 175 cm³/mol. The minimum Gasteiger partial charge on any atom is -0.487 e. The van der Waals surface area contributed by atoms with E-state index in [0.29, 0.717) is 35.7 Å². The van der Waals surface area contributed by atoms with Gasteiger partial charge in [0, 0.05) is 18.2 Å². The lowest BCUT2D eigenvalue weighted by atomic mass is 9.77. The Morgan fingerprint density at radius 2 is 1.81 bits per heavy atom. The van der Waals surface area contributed by atoms with Crippen molar-refractivity contribution in [2.75, 3.05) is 13.7 Å². The summed E-state index contributed by atoms with van der Waals surface area (Å²) < 4.78 is 24.0. The fourth-order valence-electron chi connectivity index (χ4n) is 6.50. The Bertz CT molecular complexity index is 1700. The summed E-state index contributed by atoms with van der Waals surface area (Å²) in [7, 11) is 1.31. The summed E-state index contributed by atoms with van der Waals surface area (Å²) in [5, 5.41) is 0.813. The number of carbonyl (C=O) groups excluding carboxylic acids is 3. The molecule has 1 amide bonds. The van der Waals surface area contributed by atoms with E-state index in [-0.39, 0.29) is 43.3 Å². The van der Waals surface area contributed by atoms with Crippen LogP contribution < -0.4 is 9.47 Å². The maximum absolute atomic E-state index is 14.2. The van der Waals surface area contributed by atoms with Crippen LogP contribution in [0.15, 0.2) is 54.6 Å². The molecule has 2 aliphatic heterocycles. The molecular formula is C38H42N2O7. The van der Waals surface area contributed by atoms with Gasteiger partial charge >= 0.3 is 11.9 Å². The molecule has 9 nitrogen and oxygen atoms in total. The third kappa shape index (κ3) is 7.38. The first kappa shape index (κ1) is 32.4. The van der Waals surface area contributed by atoms with E-state index >= 15 is 0 Å². The van der Waals surface area contributed by atoms with E-state index in [4.69, 9.17) is 23.9 Å². The van der Waals surface area contributed by atoms with Crippen molar-refractivity contribution in [3.63, 3.8) is 0 Å². The molecule has 2 fully saturated rings. The van der Waals surface area contributed by atoms with Crippen molar-refractivity contribution in [3.05, 3.63) is 65.7 Å². The lowest BCUT2D eigenvalue weighted by Gasteiger charge is -2.34. The molecule has 9 heteroatoms. The molecule has 0 N–H and O–H groups in total. The topological polar surface area (TPSA) is 104 Å². The van der Waals surface area contributed by atoms with Crippen LogP contribution in [0.5, 0.6) is 11.6 Å². The summed E-state index contributed by atoms with van der Waals surface area (Å²) in [4.78, 5) is 46.7. The molecule has 1 saturated carbocycles. The fourth-order valence-corrected chi connectivity index (χ4v) is 6.50. The highest BCUT2D eigenvalue weighted by molar-refractivity contribution is 5.90. The van der Waals surface area contributed by atoms with Gasteiger partial charge in [-0.15, -0.1) is 0 Å². The van der Waals surface area contributed by atoms with Crippen LogP contribution in [0, 0.1) is 29.1 Å². The average molecular weight is 639 g/mol. The number of ether oxygens (including phenoxy) is 4. The lowest BCUT2D eigenvalue weighted by Crippen LogP contribution is -2.47. The number of amides is 1. The average Bonchev–Trinajstić information content (AvgIpc) is 3.65. The molecular weight excluding hydrogens is 596 g/mol. The smallest absolute Gasteiger partial charge is 0.328 e. The molecule has 2 bridgehead atoms. The molecule has 47 heavy (non-hydrogen) atoms. The van der Waals surface area contributed by atoms with Gasteiger partial charge in [-0.2, -0.15) is 0 Å². The van der Waals surface area contributed by atoms with Crippen molar-refractivity contribution in [1.82, 2.24) is 9.88 Å². The van der Waals surface area contributed by atoms with Crippen molar-refractivity contribution in [3.8, 4) is 23.5 Å². The molecule has 6 rings (SSSR count). The largest absolute Gasteiger partial charge is 0.487 e. The van der Waals surface area contributed by atoms with Gasteiger partial charge in [-0.1, -0.05) is 75.1 Å². The Morgan fingerprint density at radius 1 is 1.04 bits per heavy atom. The second kappa shape index (κ2) is 13.6. The van der Waals surface area contributed by atoms with Gasteiger partial charge in [0.15, 0.2) is 0 Å². The number of methoxy groups -OCH3 is 1. The molecule has 5 atom stereocenters. The first-order valence-electron chi connectivity index (χ1n) is 16.4. The Kier molecular flexibility index (Phi) is 9.40. The van der Waals surface area contributed by atoms with Crippen LogP contribution in [0.4, 0.5) is 0 Å². The number of hydrogen-bond donors (Lipinski definition) is 0. The van der Waals surface area contributed by atoms with E-state index in [2.05, 4.69) is 11.8 Å². The Hall–Kier alpha value is -4.58. The number of hydrogen-bond acceptors (Lipinski definition) is 8.